The van der Waals surface area contributed by atoms with Crippen LogP contribution >= 0.6 is 0 Å². The van der Waals surface area contributed by atoms with Gasteiger partial charge in [-0.05, 0) is 57.9 Å². The molecule has 0 unspecified atom stereocenters. The Morgan fingerprint density at radius 2 is 1.86 bits per heavy atom. The average Bonchev–Trinajstić information content (AvgIpc) is 3.02. The molecule has 1 aromatic carbocycles. The van der Waals surface area contributed by atoms with E-state index in [9.17, 15) is 13.2 Å². The van der Waals surface area contributed by atoms with Crippen molar-refractivity contribution < 1.29 is 17.9 Å². The van der Waals surface area contributed by atoms with Crippen molar-refractivity contribution in [3.05, 3.63) is 46.8 Å². The van der Waals surface area contributed by atoms with Gasteiger partial charge in [0.1, 0.15) is 0 Å². The molecule has 0 aliphatic carbocycles. The molecule has 0 bridgehead atoms. The van der Waals surface area contributed by atoms with Gasteiger partial charge in [-0.15, -0.1) is 5.10 Å². The highest BCUT2D eigenvalue weighted by atomic mass is 32.2. The van der Waals surface area contributed by atoms with Crippen LogP contribution in [0.5, 0.6) is 0 Å². The summed E-state index contributed by atoms with van der Waals surface area (Å²) in [5.41, 5.74) is 2.38. The minimum absolute atomic E-state index is 0.123. The van der Waals surface area contributed by atoms with Gasteiger partial charge in [0.25, 0.3) is 21.0 Å². The van der Waals surface area contributed by atoms with Gasteiger partial charge in [0.15, 0.2) is 0 Å². The van der Waals surface area contributed by atoms with Gasteiger partial charge < -0.3 is 4.74 Å². The zero-order chi connectivity index (χ0) is 20.6. The van der Waals surface area contributed by atoms with E-state index in [2.05, 4.69) is 19.8 Å². The summed E-state index contributed by atoms with van der Waals surface area (Å²) >= 11 is 0. The lowest BCUT2D eigenvalue weighted by Gasteiger charge is -2.16. The van der Waals surface area contributed by atoms with Gasteiger partial charge in [-0.25, -0.2) is 14.3 Å². The number of carbonyl (C=O) groups excluding carboxylic acids is 1. The Bertz CT molecular complexity index is 1170. The number of anilines is 1. The summed E-state index contributed by atoms with van der Waals surface area (Å²) in [6.07, 6.45) is 1.24. The van der Waals surface area contributed by atoms with Crippen molar-refractivity contribution in [2.45, 2.75) is 45.9 Å². The molecule has 0 atom stereocenters. The number of esters is 1. The second kappa shape index (κ2) is 7.19. The molecule has 9 nitrogen and oxygen atoms in total. The summed E-state index contributed by atoms with van der Waals surface area (Å²) < 4.78 is 34.7. The molecule has 0 aliphatic rings. The first-order chi connectivity index (χ1) is 13.1. The maximum atomic E-state index is 12.9. The van der Waals surface area contributed by atoms with Gasteiger partial charge in [0.2, 0.25) is 0 Å². The van der Waals surface area contributed by atoms with Crippen LogP contribution in [0.2, 0.25) is 0 Å². The topological polar surface area (TPSA) is 116 Å². The van der Waals surface area contributed by atoms with Gasteiger partial charge >= 0.3 is 5.97 Å². The highest BCUT2D eigenvalue weighted by Crippen LogP contribution is 2.27. The molecule has 2 aromatic heterocycles. The van der Waals surface area contributed by atoms with Gasteiger partial charge in [0.05, 0.1) is 17.4 Å². The SMILES string of the molecule is Cc1ccn2nc(S(=O)(=O)Nc3c(C(=O)OC(C)C)ccc(C)c3C)nc2n1. The standard InChI is InChI=1S/C18H21N5O4S/c1-10(2)27-16(24)14-7-6-11(3)13(5)15(14)22-28(25,26)18-20-17-19-12(4)8-9-23(17)21-18/h6-10,22H,1-5H3. The Morgan fingerprint density at radius 3 is 2.54 bits per heavy atom. The zero-order valence-electron chi connectivity index (χ0n) is 16.2. The second-order valence-electron chi connectivity index (χ2n) is 6.70. The summed E-state index contributed by atoms with van der Waals surface area (Å²) in [5, 5.41) is 3.54. The van der Waals surface area contributed by atoms with E-state index in [-0.39, 0.29) is 23.1 Å². The van der Waals surface area contributed by atoms with Crippen LogP contribution in [0.1, 0.15) is 41.0 Å². The van der Waals surface area contributed by atoms with Crippen molar-refractivity contribution in [2.75, 3.05) is 4.72 Å². The third kappa shape index (κ3) is 3.81. The highest BCUT2D eigenvalue weighted by molar-refractivity contribution is 7.92. The number of hydrogen-bond acceptors (Lipinski definition) is 7. The second-order valence-corrected chi connectivity index (χ2v) is 8.27. The van der Waals surface area contributed by atoms with Crippen LogP contribution in [0, 0.1) is 20.8 Å². The molecule has 3 aromatic rings. The number of ether oxygens (including phenoxy) is 1. The minimum atomic E-state index is -4.15. The lowest BCUT2D eigenvalue weighted by Crippen LogP contribution is -2.20. The molecule has 0 saturated heterocycles. The molecule has 0 aliphatic heterocycles. The lowest BCUT2D eigenvalue weighted by atomic mass is 10.0. The zero-order valence-corrected chi connectivity index (χ0v) is 17.0. The summed E-state index contributed by atoms with van der Waals surface area (Å²) in [5.74, 6) is -0.447. The number of nitrogens with one attached hydrogen (secondary N) is 1. The van der Waals surface area contributed by atoms with Crippen LogP contribution in [0.4, 0.5) is 5.69 Å². The Labute approximate surface area is 162 Å². The molecule has 28 heavy (non-hydrogen) atoms. The van der Waals surface area contributed by atoms with Crippen LogP contribution in [0.15, 0.2) is 29.6 Å². The third-order valence-electron chi connectivity index (χ3n) is 4.10. The predicted octanol–water partition coefficient (Wildman–Crippen LogP) is 2.42. The molecule has 0 radical (unpaired) electrons. The number of sulfonamides is 1. The first kappa shape index (κ1) is 19.7. The van der Waals surface area contributed by atoms with E-state index in [4.69, 9.17) is 4.74 Å². The Balaban J connectivity index is 2.05. The van der Waals surface area contributed by atoms with E-state index in [0.29, 0.717) is 11.3 Å². The molecule has 0 amide bonds. The van der Waals surface area contributed by atoms with Crippen molar-refractivity contribution in [3.63, 3.8) is 0 Å². The number of hydrogen-bond donors (Lipinski definition) is 1. The number of carbonyl (C=O) groups is 1. The van der Waals surface area contributed by atoms with Crippen molar-refractivity contribution in [2.24, 2.45) is 0 Å². The maximum Gasteiger partial charge on any atom is 0.340 e. The number of aryl methyl sites for hydroxylation is 2. The Kier molecular flexibility index (Phi) is 5.07. The van der Waals surface area contributed by atoms with E-state index in [0.717, 1.165) is 5.56 Å². The first-order valence-corrected chi connectivity index (χ1v) is 10.1. The molecule has 1 N–H and O–H groups in total. The summed E-state index contributed by atoms with van der Waals surface area (Å²) in [6, 6.07) is 4.96. The average molecular weight is 403 g/mol. The molecule has 0 saturated carbocycles. The monoisotopic (exact) mass is 403 g/mol. The summed E-state index contributed by atoms with van der Waals surface area (Å²) in [6.45, 7) is 8.75. The molecule has 2 heterocycles. The Morgan fingerprint density at radius 1 is 1.14 bits per heavy atom. The fraction of sp³-hybridized carbons (Fsp3) is 0.333. The van der Waals surface area contributed by atoms with Crippen molar-refractivity contribution in [1.82, 2.24) is 19.6 Å². The number of rotatable bonds is 5. The normalized spacial score (nSPS) is 11.8. The fourth-order valence-corrected chi connectivity index (χ4v) is 3.55. The van der Waals surface area contributed by atoms with E-state index in [1.165, 1.54) is 10.6 Å². The summed E-state index contributed by atoms with van der Waals surface area (Å²) in [4.78, 5) is 20.6. The third-order valence-corrected chi connectivity index (χ3v) is 5.23. The van der Waals surface area contributed by atoms with Crippen molar-refractivity contribution >= 4 is 27.5 Å². The largest absolute Gasteiger partial charge is 0.459 e. The molecule has 0 spiro atoms. The van der Waals surface area contributed by atoms with E-state index >= 15 is 0 Å². The first-order valence-electron chi connectivity index (χ1n) is 8.62. The van der Waals surface area contributed by atoms with Crippen LogP contribution in [-0.4, -0.2) is 40.1 Å². The number of aromatic nitrogens is 4. The van der Waals surface area contributed by atoms with E-state index in [1.807, 2.05) is 6.92 Å². The van der Waals surface area contributed by atoms with E-state index < -0.39 is 21.1 Å². The minimum Gasteiger partial charge on any atom is -0.459 e. The summed E-state index contributed by atoms with van der Waals surface area (Å²) in [7, 11) is -4.15. The van der Waals surface area contributed by atoms with Crippen LogP contribution < -0.4 is 4.72 Å². The predicted molar refractivity (Wildman–Crippen MR) is 103 cm³/mol. The molecule has 3 rings (SSSR count). The number of nitrogens with zero attached hydrogens (tertiary/aromatic N) is 4. The smallest absolute Gasteiger partial charge is 0.340 e. The van der Waals surface area contributed by atoms with Gasteiger partial charge in [0, 0.05) is 11.9 Å². The van der Waals surface area contributed by atoms with Crippen LogP contribution in [0.3, 0.4) is 0 Å². The van der Waals surface area contributed by atoms with Crippen LogP contribution in [-0.2, 0) is 14.8 Å². The number of fused-ring (bicyclic) bond motifs is 1. The molecule has 148 valence electrons. The van der Waals surface area contributed by atoms with Gasteiger partial charge in [-0.2, -0.15) is 13.4 Å². The lowest BCUT2D eigenvalue weighted by molar-refractivity contribution is 0.0379. The van der Waals surface area contributed by atoms with Gasteiger partial charge in [-0.1, -0.05) is 6.07 Å². The van der Waals surface area contributed by atoms with Gasteiger partial charge in [-0.3, -0.25) is 4.72 Å². The maximum absolute atomic E-state index is 12.9. The quantitative estimate of drug-likeness (QED) is 0.650. The van der Waals surface area contributed by atoms with E-state index in [1.54, 1.807) is 46.0 Å². The number of benzene rings is 1. The molecular formula is C18H21N5O4S. The van der Waals surface area contributed by atoms with Crippen LogP contribution in [0.25, 0.3) is 5.78 Å². The van der Waals surface area contributed by atoms with Crippen molar-refractivity contribution in [3.8, 4) is 0 Å². The highest BCUT2D eigenvalue weighted by Gasteiger charge is 2.26. The van der Waals surface area contributed by atoms with Crippen molar-refractivity contribution in [1.29, 1.82) is 0 Å². The molecule has 0 fully saturated rings. The molecular weight excluding hydrogens is 382 g/mol. The fourth-order valence-electron chi connectivity index (χ4n) is 2.53. The molecule has 10 heteroatoms. The Hall–Kier alpha value is -3.01.